The topological polar surface area (TPSA) is 125 Å². The molecule has 0 aromatic heterocycles. The summed E-state index contributed by atoms with van der Waals surface area (Å²) in [6.07, 6.45) is 2.28. The summed E-state index contributed by atoms with van der Waals surface area (Å²) in [6.45, 7) is 0. The van der Waals surface area contributed by atoms with Crippen LogP contribution in [0, 0.1) is 10.1 Å². The number of sulfonamides is 1. The Kier molecular flexibility index (Phi) is 4.45. The summed E-state index contributed by atoms with van der Waals surface area (Å²) in [5, 5.41) is 10.9. The first-order chi connectivity index (χ1) is 9.85. The second-order valence-electron chi connectivity index (χ2n) is 4.91. The number of hydrogen-bond donors (Lipinski definition) is 2. The second kappa shape index (κ2) is 5.96. The summed E-state index contributed by atoms with van der Waals surface area (Å²) in [4.78, 5) is 10.1. The standard InChI is InChI=1S/C12H17N3O5S/c1-20-12-6-5-8(7-11(12)15(16)17)21(18,19)14-10-4-2-3-9(10)13/h5-7,9-10,14H,2-4,13H2,1H3. The summed E-state index contributed by atoms with van der Waals surface area (Å²) >= 11 is 0. The molecule has 2 atom stereocenters. The van der Waals surface area contributed by atoms with E-state index in [1.807, 2.05) is 0 Å². The minimum Gasteiger partial charge on any atom is -0.490 e. The fraction of sp³-hybridized carbons (Fsp3) is 0.500. The molecule has 0 bridgehead atoms. The van der Waals surface area contributed by atoms with Crippen molar-refractivity contribution in [3.05, 3.63) is 28.3 Å². The van der Waals surface area contributed by atoms with Gasteiger partial charge in [0.25, 0.3) is 0 Å². The zero-order chi connectivity index (χ0) is 15.6. The molecular weight excluding hydrogens is 298 g/mol. The Hall–Kier alpha value is -1.71. The molecule has 116 valence electrons. The van der Waals surface area contributed by atoms with Crippen molar-refractivity contribution >= 4 is 15.7 Å². The SMILES string of the molecule is COc1ccc(S(=O)(=O)NC2CCCC2N)cc1[N+](=O)[O-]. The molecule has 0 heterocycles. The van der Waals surface area contributed by atoms with Crippen LogP contribution in [-0.4, -0.2) is 32.5 Å². The van der Waals surface area contributed by atoms with Crippen LogP contribution in [0.15, 0.2) is 23.1 Å². The van der Waals surface area contributed by atoms with Gasteiger partial charge in [-0.05, 0) is 25.0 Å². The van der Waals surface area contributed by atoms with Gasteiger partial charge in [0, 0.05) is 18.2 Å². The smallest absolute Gasteiger partial charge is 0.312 e. The fourth-order valence-electron chi connectivity index (χ4n) is 2.38. The quantitative estimate of drug-likeness (QED) is 0.610. The van der Waals surface area contributed by atoms with Gasteiger partial charge in [0.2, 0.25) is 10.0 Å². The summed E-state index contributed by atoms with van der Waals surface area (Å²) in [7, 11) is -2.56. The van der Waals surface area contributed by atoms with Crippen LogP contribution in [0.25, 0.3) is 0 Å². The van der Waals surface area contributed by atoms with Crippen molar-refractivity contribution in [2.45, 2.75) is 36.2 Å². The lowest BCUT2D eigenvalue weighted by atomic mass is 10.2. The van der Waals surface area contributed by atoms with Gasteiger partial charge in [0.15, 0.2) is 5.75 Å². The predicted molar refractivity (Wildman–Crippen MR) is 75.6 cm³/mol. The second-order valence-corrected chi connectivity index (χ2v) is 6.63. The Labute approximate surface area is 122 Å². The highest BCUT2D eigenvalue weighted by molar-refractivity contribution is 7.89. The van der Waals surface area contributed by atoms with Crippen molar-refractivity contribution in [2.75, 3.05) is 7.11 Å². The maximum absolute atomic E-state index is 12.3. The van der Waals surface area contributed by atoms with E-state index in [1.54, 1.807) is 0 Å². The van der Waals surface area contributed by atoms with E-state index in [2.05, 4.69) is 4.72 Å². The van der Waals surface area contributed by atoms with E-state index < -0.39 is 20.6 Å². The van der Waals surface area contributed by atoms with E-state index in [9.17, 15) is 18.5 Å². The predicted octanol–water partition coefficient (Wildman–Crippen LogP) is 0.761. The van der Waals surface area contributed by atoms with Gasteiger partial charge in [-0.3, -0.25) is 10.1 Å². The van der Waals surface area contributed by atoms with Gasteiger partial charge in [-0.2, -0.15) is 0 Å². The highest BCUT2D eigenvalue weighted by Crippen LogP contribution is 2.29. The van der Waals surface area contributed by atoms with Crippen molar-refractivity contribution in [1.29, 1.82) is 0 Å². The molecule has 21 heavy (non-hydrogen) atoms. The minimum absolute atomic E-state index is 0.0107. The lowest BCUT2D eigenvalue weighted by Gasteiger charge is -2.17. The van der Waals surface area contributed by atoms with E-state index in [4.69, 9.17) is 10.5 Å². The normalized spacial score (nSPS) is 22.2. The van der Waals surface area contributed by atoms with Crippen LogP contribution >= 0.6 is 0 Å². The molecule has 2 unspecified atom stereocenters. The van der Waals surface area contributed by atoms with E-state index in [0.717, 1.165) is 18.9 Å². The minimum atomic E-state index is -3.85. The maximum Gasteiger partial charge on any atom is 0.312 e. The number of ether oxygens (including phenoxy) is 1. The number of rotatable bonds is 5. The first kappa shape index (κ1) is 15.7. The molecule has 1 aromatic rings. The summed E-state index contributed by atoms with van der Waals surface area (Å²) in [6, 6.07) is 2.96. The van der Waals surface area contributed by atoms with E-state index in [1.165, 1.54) is 19.2 Å². The van der Waals surface area contributed by atoms with Gasteiger partial charge in [-0.25, -0.2) is 13.1 Å². The summed E-state index contributed by atoms with van der Waals surface area (Å²) in [5.41, 5.74) is 5.44. The van der Waals surface area contributed by atoms with E-state index >= 15 is 0 Å². The van der Waals surface area contributed by atoms with Crippen molar-refractivity contribution in [3.63, 3.8) is 0 Å². The Bertz CT molecular complexity index is 646. The largest absolute Gasteiger partial charge is 0.490 e. The Morgan fingerprint density at radius 3 is 2.67 bits per heavy atom. The van der Waals surface area contributed by atoms with Crippen molar-refractivity contribution in [3.8, 4) is 5.75 Å². The van der Waals surface area contributed by atoms with Crippen LogP contribution in [0.3, 0.4) is 0 Å². The number of methoxy groups -OCH3 is 1. The van der Waals surface area contributed by atoms with Crippen LogP contribution in [-0.2, 0) is 10.0 Å². The third kappa shape index (κ3) is 3.31. The Morgan fingerprint density at radius 2 is 2.14 bits per heavy atom. The van der Waals surface area contributed by atoms with Gasteiger partial charge in [0.1, 0.15) is 0 Å². The first-order valence-corrected chi connectivity index (χ1v) is 7.94. The average Bonchev–Trinajstić information content (AvgIpc) is 2.82. The van der Waals surface area contributed by atoms with Crippen LogP contribution in [0.4, 0.5) is 5.69 Å². The van der Waals surface area contributed by atoms with Crippen molar-refractivity contribution < 1.29 is 18.1 Å². The molecule has 1 aromatic carbocycles. The number of nitro groups is 1. The van der Waals surface area contributed by atoms with Gasteiger partial charge in [-0.15, -0.1) is 0 Å². The average molecular weight is 315 g/mol. The van der Waals surface area contributed by atoms with Gasteiger partial charge in [0.05, 0.1) is 16.9 Å². The third-order valence-electron chi connectivity index (χ3n) is 3.53. The maximum atomic E-state index is 12.3. The van der Waals surface area contributed by atoms with E-state index in [-0.39, 0.29) is 22.7 Å². The number of hydrogen-bond acceptors (Lipinski definition) is 6. The number of nitrogens with zero attached hydrogens (tertiary/aromatic N) is 1. The van der Waals surface area contributed by atoms with Crippen LogP contribution in [0.2, 0.25) is 0 Å². The Balaban J connectivity index is 2.31. The molecule has 0 spiro atoms. The number of nitrogens with two attached hydrogens (primary N) is 1. The van der Waals surface area contributed by atoms with Crippen molar-refractivity contribution in [2.24, 2.45) is 5.73 Å². The van der Waals surface area contributed by atoms with E-state index in [0.29, 0.717) is 6.42 Å². The zero-order valence-electron chi connectivity index (χ0n) is 11.5. The molecule has 0 aliphatic heterocycles. The first-order valence-electron chi connectivity index (χ1n) is 6.45. The lowest BCUT2D eigenvalue weighted by molar-refractivity contribution is -0.386. The molecule has 1 aliphatic carbocycles. The molecule has 2 rings (SSSR count). The Morgan fingerprint density at radius 1 is 1.43 bits per heavy atom. The molecule has 0 radical (unpaired) electrons. The lowest BCUT2D eigenvalue weighted by Crippen LogP contribution is -2.43. The van der Waals surface area contributed by atoms with Crippen LogP contribution in [0.1, 0.15) is 19.3 Å². The van der Waals surface area contributed by atoms with Gasteiger partial charge >= 0.3 is 5.69 Å². The summed E-state index contributed by atoms with van der Waals surface area (Å²) < 4.78 is 31.9. The molecule has 8 nitrogen and oxygen atoms in total. The molecule has 1 fully saturated rings. The molecule has 0 saturated heterocycles. The third-order valence-corrected chi connectivity index (χ3v) is 5.02. The molecule has 1 saturated carbocycles. The fourth-order valence-corrected chi connectivity index (χ4v) is 3.72. The van der Waals surface area contributed by atoms with Gasteiger partial charge < -0.3 is 10.5 Å². The van der Waals surface area contributed by atoms with Crippen molar-refractivity contribution in [1.82, 2.24) is 4.72 Å². The highest BCUT2D eigenvalue weighted by atomic mass is 32.2. The van der Waals surface area contributed by atoms with Crippen LogP contribution in [0.5, 0.6) is 5.75 Å². The number of nitrogens with one attached hydrogen (secondary N) is 1. The molecule has 3 N–H and O–H groups in total. The zero-order valence-corrected chi connectivity index (χ0v) is 12.3. The highest BCUT2D eigenvalue weighted by Gasteiger charge is 2.30. The summed E-state index contributed by atoms with van der Waals surface area (Å²) in [5.74, 6) is 0.0107. The molecule has 1 aliphatic rings. The number of nitro benzene ring substituents is 1. The van der Waals surface area contributed by atoms with Crippen LogP contribution < -0.4 is 15.2 Å². The molecular formula is C12H17N3O5S. The monoisotopic (exact) mass is 315 g/mol. The van der Waals surface area contributed by atoms with Gasteiger partial charge in [-0.1, -0.05) is 6.42 Å². The molecule has 9 heteroatoms. The molecule has 0 amide bonds. The number of benzene rings is 1.